The molecule has 2 heteroatoms. The number of nitrogens with zero attached hydrogens (tertiary/aromatic N) is 1. The number of rotatable bonds is 1. The molecule has 0 fully saturated rings. The third kappa shape index (κ3) is 11.0. The van der Waals surface area contributed by atoms with Gasteiger partial charge >= 0.3 is 0 Å². The van der Waals surface area contributed by atoms with E-state index in [0.717, 1.165) is 6.54 Å². The number of allylic oxidation sites excluding steroid dienone is 2. The Labute approximate surface area is 89.2 Å². The molecule has 0 aliphatic rings. The Bertz CT molecular complexity index is 299. The summed E-state index contributed by atoms with van der Waals surface area (Å²) in [6.45, 7) is 7.48. The molecule has 76 valence electrons. The molecule has 0 amide bonds. The lowest BCUT2D eigenvalue weighted by atomic mass is 10.5. The number of hydrogen-bond donors (Lipinski definition) is 0. The van der Waals surface area contributed by atoms with Crippen LogP contribution in [0.2, 0.25) is 19.6 Å². The molecule has 0 aromatic rings. The lowest BCUT2D eigenvalue weighted by molar-refractivity contribution is 0.464. The molecule has 0 aliphatic heterocycles. The van der Waals surface area contributed by atoms with E-state index >= 15 is 0 Å². The summed E-state index contributed by atoms with van der Waals surface area (Å²) in [5, 5.41) is 0. The van der Waals surface area contributed by atoms with E-state index in [1.165, 1.54) is 0 Å². The Hall–Kier alpha value is -0.963. The first-order valence-corrected chi connectivity index (χ1v) is 8.22. The van der Waals surface area contributed by atoms with Gasteiger partial charge in [0.05, 0.1) is 6.54 Å². The quantitative estimate of drug-likeness (QED) is 0.467. The molecular formula is C12H19NSi. The maximum atomic E-state index is 3.25. The lowest BCUT2D eigenvalue weighted by Gasteiger charge is -2.01. The van der Waals surface area contributed by atoms with Crippen LogP contribution in [0.4, 0.5) is 0 Å². The minimum atomic E-state index is -1.21. The highest BCUT2D eigenvalue weighted by Crippen LogP contribution is 1.95. The Balaban J connectivity index is 3.93. The first-order chi connectivity index (χ1) is 6.42. The SMILES string of the molecule is CN(C)CC#C/C=C\C#C[Si](C)(C)C. The molecule has 0 rings (SSSR count). The van der Waals surface area contributed by atoms with Crippen molar-refractivity contribution in [2.24, 2.45) is 0 Å². The highest BCUT2D eigenvalue weighted by molar-refractivity contribution is 6.83. The summed E-state index contributed by atoms with van der Waals surface area (Å²) in [6.07, 6.45) is 3.65. The van der Waals surface area contributed by atoms with Crippen LogP contribution in [0.3, 0.4) is 0 Å². The standard InChI is InChI=1S/C12H19NSi/c1-13(2)11-9-7-6-8-10-12-14(3,4)5/h6,8H,11H2,1-5H3/b8-6-. The normalized spacial score (nSPS) is 10.7. The predicted octanol–water partition coefficient (Wildman–Crippen LogP) is 1.99. The number of hydrogen-bond acceptors (Lipinski definition) is 1. The zero-order valence-corrected chi connectivity index (χ0v) is 10.8. The first-order valence-electron chi connectivity index (χ1n) is 4.72. The van der Waals surface area contributed by atoms with Gasteiger partial charge in [0.2, 0.25) is 0 Å². The van der Waals surface area contributed by atoms with Crippen molar-refractivity contribution in [2.45, 2.75) is 19.6 Å². The van der Waals surface area contributed by atoms with Crippen molar-refractivity contribution in [3.05, 3.63) is 12.2 Å². The first kappa shape index (κ1) is 13.0. The maximum absolute atomic E-state index is 3.25. The Morgan fingerprint density at radius 2 is 1.64 bits per heavy atom. The van der Waals surface area contributed by atoms with Gasteiger partial charge in [0.15, 0.2) is 0 Å². The van der Waals surface area contributed by atoms with Crippen LogP contribution < -0.4 is 0 Å². The molecule has 0 radical (unpaired) electrons. The van der Waals surface area contributed by atoms with Crippen LogP contribution in [0.5, 0.6) is 0 Å². The Morgan fingerprint density at radius 3 is 2.14 bits per heavy atom. The van der Waals surface area contributed by atoms with E-state index < -0.39 is 8.07 Å². The van der Waals surface area contributed by atoms with Crippen LogP contribution in [-0.4, -0.2) is 33.6 Å². The maximum Gasteiger partial charge on any atom is 0.129 e. The van der Waals surface area contributed by atoms with E-state index in [-0.39, 0.29) is 0 Å². The van der Waals surface area contributed by atoms with Gasteiger partial charge in [0.25, 0.3) is 0 Å². The van der Waals surface area contributed by atoms with Gasteiger partial charge < -0.3 is 0 Å². The molecule has 0 bridgehead atoms. The molecule has 0 N–H and O–H groups in total. The molecule has 14 heavy (non-hydrogen) atoms. The van der Waals surface area contributed by atoms with E-state index in [9.17, 15) is 0 Å². The van der Waals surface area contributed by atoms with Crippen molar-refractivity contribution in [3.63, 3.8) is 0 Å². The molecule has 0 saturated heterocycles. The predicted molar refractivity (Wildman–Crippen MR) is 66.6 cm³/mol. The fourth-order valence-electron chi connectivity index (χ4n) is 0.604. The fraction of sp³-hybridized carbons (Fsp3) is 0.500. The van der Waals surface area contributed by atoms with E-state index in [2.05, 4.69) is 42.9 Å². The van der Waals surface area contributed by atoms with Crippen LogP contribution in [0.25, 0.3) is 0 Å². The zero-order chi connectivity index (χ0) is 11.0. The van der Waals surface area contributed by atoms with Gasteiger partial charge in [-0.2, -0.15) is 0 Å². The summed E-state index contributed by atoms with van der Waals surface area (Å²) in [5.41, 5.74) is 3.25. The van der Waals surface area contributed by atoms with E-state index in [0.29, 0.717) is 0 Å². The Kier molecular flexibility index (Phi) is 6.04. The van der Waals surface area contributed by atoms with Crippen LogP contribution in [-0.2, 0) is 0 Å². The lowest BCUT2D eigenvalue weighted by Crippen LogP contribution is -2.16. The van der Waals surface area contributed by atoms with E-state index in [4.69, 9.17) is 0 Å². The molecule has 0 saturated carbocycles. The summed E-state index contributed by atoms with van der Waals surface area (Å²) in [6, 6.07) is 0. The third-order valence-corrected chi connectivity index (χ3v) is 2.09. The molecule has 0 heterocycles. The zero-order valence-electron chi connectivity index (χ0n) is 9.81. The molecule has 0 aromatic carbocycles. The second kappa shape index (κ2) is 6.48. The summed E-state index contributed by atoms with van der Waals surface area (Å²) >= 11 is 0. The topological polar surface area (TPSA) is 3.24 Å². The van der Waals surface area contributed by atoms with E-state index in [1.807, 2.05) is 31.1 Å². The van der Waals surface area contributed by atoms with Crippen molar-refractivity contribution < 1.29 is 0 Å². The van der Waals surface area contributed by atoms with Gasteiger partial charge in [-0.15, -0.1) is 5.54 Å². The molecule has 0 aliphatic carbocycles. The van der Waals surface area contributed by atoms with Gasteiger partial charge in [-0.3, -0.25) is 4.90 Å². The van der Waals surface area contributed by atoms with Crippen LogP contribution in [0.15, 0.2) is 12.2 Å². The van der Waals surface area contributed by atoms with Crippen molar-refractivity contribution in [1.82, 2.24) is 4.90 Å². The summed E-state index contributed by atoms with van der Waals surface area (Å²) < 4.78 is 0. The van der Waals surface area contributed by atoms with Crippen molar-refractivity contribution in [2.75, 3.05) is 20.6 Å². The monoisotopic (exact) mass is 205 g/mol. The van der Waals surface area contributed by atoms with Gasteiger partial charge in [-0.05, 0) is 26.2 Å². The second-order valence-corrected chi connectivity index (χ2v) is 9.16. The molecule has 0 aromatic heterocycles. The fourth-order valence-corrected chi connectivity index (χ4v) is 1.12. The van der Waals surface area contributed by atoms with Gasteiger partial charge in [-0.1, -0.05) is 37.4 Å². The average molecular weight is 205 g/mol. The second-order valence-electron chi connectivity index (χ2n) is 4.41. The van der Waals surface area contributed by atoms with Crippen molar-refractivity contribution >= 4 is 8.07 Å². The van der Waals surface area contributed by atoms with Gasteiger partial charge in [0.1, 0.15) is 8.07 Å². The Morgan fingerprint density at radius 1 is 1.07 bits per heavy atom. The highest BCUT2D eigenvalue weighted by atomic mass is 28.3. The van der Waals surface area contributed by atoms with Gasteiger partial charge in [0, 0.05) is 0 Å². The van der Waals surface area contributed by atoms with Crippen LogP contribution >= 0.6 is 0 Å². The van der Waals surface area contributed by atoms with Crippen molar-refractivity contribution in [3.8, 4) is 23.3 Å². The van der Waals surface area contributed by atoms with Crippen LogP contribution in [0, 0.1) is 23.3 Å². The average Bonchev–Trinajstić information content (AvgIpc) is 2.00. The third-order valence-electron chi connectivity index (χ3n) is 1.19. The molecule has 0 spiro atoms. The minimum Gasteiger partial charge on any atom is -0.299 e. The minimum absolute atomic E-state index is 0.797. The smallest absolute Gasteiger partial charge is 0.129 e. The molecular weight excluding hydrogens is 186 g/mol. The highest BCUT2D eigenvalue weighted by Gasteiger charge is 2.06. The molecule has 1 nitrogen and oxygen atoms in total. The largest absolute Gasteiger partial charge is 0.299 e. The molecule has 0 atom stereocenters. The summed E-state index contributed by atoms with van der Waals surface area (Å²) in [5.74, 6) is 8.99. The van der Waals surface area contributed by atoms with Crippen molar-refractivity contribution in [1.29, 1.82) is 0 Å². The summed E-state index contributed by atoms with van der Waals surface area (Å²) in [7, 11) is 2.79. The molecule has 0 unspecified atom stereocenters. The van der Waals surface area contributed by atoms with Crippen LogP contribution in [0.1, 0.15) is 0 Å². The van der Waals surface area contributed by atoms with Gasteiger partial charge in [-0.25, -0.2) is 0 Å². The van der Waals surface area contributed by atoms with E-state index in [1.54, 1.807) is 0 Å². The summed E-state index contributed by atoms with van der Waals surface area (Å²) in [4.78, 5) is 2.04.